The third kappa shape index (κ3) is 3.35. The Morgan fingerprint density at radius 2 is 2.16 bits per heavy atom. The molecule has 3 nitrogen and oxygen atoms in total. The molecule has 0 radical (unpaired) electrons. The maximum Gasteiger partial charge on any atom is 0.237 e. The van der Waals surface area contributed by atoms with Crippen molar-refractivity contribution in [3.05, 3.63) is 35.4 Å². The molecule has 0 aromatic heterocycles. The zero-order chi connectivity index (χ0) is 13.9. The number of rotatable bonds is 3. The first-order valence-electron chi connectivity index (χ1n) is 7.06. The molecule has 1 heterocycles. The summed E-state index contributed by atoms with van der Waals surface area (Å²) in [7, 11) is 0. The van der Waals surface area contributed by atoms with Crippen molar-refractivity contribution < 1.29 is 4.79 Å². The second-order valence-electron chi connectivity index (χ2n) is 6.12. The number of hydrogen-bond donors (Lipinski definition) is 2. The van der Waals surface area contributed by atoms with Gasteiger partial charge in [0.15, 0.2) is 0 Å². The van der Waals surface area contributed by atoms with Gasteiger partial charge in [-0.25, -0.2) is 0 Å². The van der Waals surface area contributed by atoms with E-state index < -0.39 is 0 Å². The Morgan fingerprint density at radius 3 is 2.84 bits per heavy atom. The van der Waals surface area contributed by atoms with E-state index in [1.807, 2.05) is 12.1 Å². The van der Waals surface area contributed by atoms with Crippen molar-refractivity contribution in [1.82, 2.24) is 10.6 Å². The number of hydrogen-bond acceptors (Lipinski definition) is 2. The molecule has 2 N–H and O–H groups in total. The van der Waals surface area contributed by atoms with E-state index >= 15 is 0 Å². The van der Waals surface area contributed by atoms with Crippen molar-refractivity contribution in [1.29, 1.82) is 0 Å². The van der Waals surface area contributed by atoms with Crippen LogP contribution in [0.15, 0.2) is 24.3 Å². The van der Waals surface area contributed by atoms with E-state index in [-0.39, 0.29) is 17.4 Å². The maximum atomic E-state index is 12.3. The summed E-state index contributed by atoms with van der Waals surface area (Å²) in [4.78, 5) is 12.3. The van der Waals surface area contributed by atoms with Crippen molar-refractivity contribution >= 4 is 5.91 Å². The summed E-state index contributed by atoms with van der Waals surface area (Å²) in [6, 6.07) is 8.09. The summed E-state index contributed by atoms with van der Waals surface area (Å²) < 4.78 is 0. The first kappa shape index (κ1) is 14.1. The zero-order valence-corrected chi connectivity index (χ0v) is 12.1. The van der Waals surface area contributed by atoms with Crippen LogP contribution in [-0.4, -0.2) is 18.5 Å². The number of aryl methyl sites for hydroxylation is 1. The highest BCUT2D eigenvalue weighted by Gasteiger charge is 2.36. The van der Waals surface area contributed by atoms with Gasteiger partial charge in [0.05, 0.1) is 6.04 Å². The van der Waals surface area contributed by atoms with E-state index in [1.165, 1.54) is 11.1 Å². The van der Waals surface area contributed by atoms with E-state index in [0.717, 1.165) is 19.4 Å². The normalized spacial score (nSPS) is 21.9. The van der Waals surface area contributed by atoms with Gasteiger partial charge < -0.3 is 10.6 Å². The average molecular weight is 260 g/mol. The van der Waals surface area contributed by atoms with E-state index in [0.29, 0.717) is 6.54 Å². The van der Waals surface area contributed by atoms with Crippen LogP contribution in [0.3, 0.4) is 0 Å². The molecular weight excluding hydrogens is 236 g/mol. The van der Waals surface area contributed by atoms with Crippen LogP contribution >= 0.6 is 0 Å². The Kier molecular flexibility index (Phi) is 4.25. The van der Waals surface area contributed by atoms with Gasteiger partial charge in [0.1, 0.15) is 0 Å². The van der Waals surface area contributed by atoms with E-state index in [1.54, 1.807) is 0 Å². The Balaban J connectivity index is 1.96. The summed E-state index contributed by atoms with van der Waals surface area (Å²) in [6.45, 7) is 7.95. The molecule has 0 spiro atoms. The van der Waals surface area contributed by atoms with Crippen LogP contribution in [0.1, 0.15) is 37.8 Å². The largest absolute Gasteiger partial charge is 0.351 e. The summed E-state index contributed by atoms with van der Waals surface area (Å²) in [5, 5.41) is 6.41. The standard InChI is InChI=1S/C16H24N2O/c1-12-7-4-5-8-13(12)11-18-15(19)14-16(2,3)9-6-10-17-14/h4-5,7-8,14,17H,6,9-11H2,1-3H3,(H,18,19). The Hall–Kier alpha value is -1.35. The molecule has 1 unspecified atom stereocenters. The molecule has 1 aliphatic heterocycles. The van der Waals surface area contributed by atoms with Gasteiger partial charge in [-0.3, -0.25) is 4.79 Å². The van der Waals surface area contributed by atoms with Gasteiger partial charge in [-0.05, 0) is 42.9 Å². The molecule has 3 heteroatoms. The predicted molar refractivity (Wildman–Crippen MR) is 77.8 cm³/mol. The van der Waals surface area contributed by atoms with E-state index in [4.69, 9.17) is 0 Å². The molecule has 104 valence electrons. The molecule has 1 saturated heterocycles. The van der Waals surface area contributed by atoms with E-state index in [9.17, 15) is 4.79 Å². The molecule has 2 rings (SSSR count). The molecule has 0 saturated carbocycles. The summed E-state index contributed by atoms with van der Waals surface area (Å²) >= 11 is 0. The molecular formula is C16H24N2O. The van der Waals surface area contributed by atoms with Crippen LogP contribution in [0.5, 0.6) is 0 Å². The topological polar surface area (TPSA) is 41.1 Å². The third-order valence-electron chi connectivity index (χ3n) is 4.10. The molecule has 19 heavy (non-hydrogen) atoms. The highest BCUT2D eigenvalue weighted by Crippen LogP contribution is 2.30. The van der Waals surface area contributed by atoms with Crippen molar-refractivity contribution in [3.8, 4) is 0 Å². The van der Waals surface area contributed by atoms with E-state index in [2.05, 4.69) is 43.5 Å². The second-order valence-corrected chi connectivity index (χ2v) is 6.12. The first-order valence-corrected chi connectivity index (χ1v) is 7.06. The molecule has 0 bridgehead atoms. The van der Waals surface area contributed by atoms with Gasteiger partial charge >= 0.3 is 0 Å². The van der Waals surface area contributed by atoms with Crippen LogP contribution in [0, 0.1) is 12.3 Å². The lowest BCUT2D eigenvalue weighted by atomic mass is 9.77. The van der Waals surface area contributed by atoms with Crippen molar-refractivity contribution in [2.45, 2.75) is 46.2 Å². The van der Waals surface area contributed by atoms with Crippen LogP contribution < -0.4 is 10.6 Å². The monoisotopic (exact) mass is 260 g/mol. The van der Waals surface area contributed by atoms with Gasteiger partial charge in [0.2, 0.25) is 5.91 Å². The number of carbonyl (C=O) groups is 1. The fourth-order valence-electron chi connectivity index (χ4n) is 2.75. The first-order chi connectivity index (χ1) is 9.00. The maximum absolute atomic E-state index is 12.3. The minimum Gasteiger partial charge on any atom is -0.351 e. The van der Waals surface area contributed by atoms with Crippen LogP contribution in [-0.2, 0) is 11.3 Å². The van der Waals surface area contributed by atoms with Gasteiger partial charge in [-0.2, -0.15) is 0 Å². The molecule has 1 amide bonds. The number of piperidine rings is 1. The SMILES string of the molecule is Cc1ccccc1CNC(=O)C1NCCCC1(C)C. The fraction of sp³-hybridized carbons (Fsp3) is 0.562. The average Bonchev–Trinajstić information content (AvgIpc) is 2.37. The smallest absolute Gasteiger partial charge is 0.237 e. The van der Waals surface area contributed by atoms with Crippen molar-refractivity contribution in [2.24, 2.45) is 5.41 Å². The summed E-state index contributed by atoms with van der Waals surface area (Å²) in [5.74, 6) is 0.118. The number of nitrogens with one attached hydrogen (secondary N) is 2. The van der Waals surface area contributed by atoms with Gasteiger partial charge in [0.25, 0.3) is 0 Å². The molecule has 1 aromatic carbocycles. The number of carbonyl (C=O) groups excluding carboxylic acids is 1. The van der Waals surface area contributed by atoms with Gasteiger partial charge in [-0.15, -0.1) is 0 Å². The minimum atomic E-state index is -0.0785. The molecule has 0 aliphatic carbocycles. The minimum absolute atomic E-state index is 0.0358. The van der Waals surface area contributed by atoms with Crippen LogP contribution in [0.25, 0.3) is 0 Å². The predicted octanol–water partition coefficient (Wildman–Crippen LogP) is 2.39. The number of benzene rings is 1. The van der Waals surface area contributed by atoms with Crippen molar-refractivity contribution in [2.75, 3.05) is 6.54 Å². The molecule has 1 fully saturated rings. The fourth-order valence-corrected chi connectivity index (χ4v) is 2.75. The lowest BCUT2D eigenvalue weighted by molar-refractivity contribution is -0.126. The quantitative estimate of drug-likeness (QED) is 0.876. The second kappa shape index (κ2) is 5.74. The third-order valence-corrected chi connectivity index (χ3v) is 4.10. The Bertz CT molecular complexity index is 454. The van der Waals surface area contributed by atoms with Gasteiger partial charge in [-0.1, -0.05) is 38.1 Å². The van der Waals surface area contributed by atoms with Crippen LogP contribution in [0.2, 0.25) is 0 Å². The lowest BCUT2D eigenvalue weighted by Crippen LogP contribution is -2.55. The van der Waals surface area contributed by atoms with Crippen LogP contribution in [0.4, 0.5) is 0 Å². The molecule has 1 atom stereocenters. The molecule has 1 aromatic rings. The Morgan fingerprint density at radius 1 is 1.42 bits per heavy atom. The highest BCUT2D eigenvalue weighted by molar-refractivity contribution is 5.82. The lowest BCUT2D eigenvalue weighted by Gasteiger charge is -2.38. The summed E-state index contributed by atoms with van der Waals surface area (Å²) in [6.07, 6.45) is 2.25. The summed E-state index contributed by atoms with van der Waals surface area (Å²) in [5.41, 5.74) is 2.44. The number of amides is 1. The highest BCUT2D eigenvalue weighted by atomic mass is 16.2. The Labute approximate surface area is 115 Å². The zero-order valence-electron chi connectivity index (χ0n) is 12.1. The van der Waals surface area contributed by atoms with Gasteiger partial charge in [0, 0.05) is 6.54 Å². The molecule has 1 aliphatic rings. The van der Waals surface area contributed by atoms with Crippen molar-refractivity contribution in [3.63, 3.8) is 0 Å².